The lowest BCUT2D eigenvalue weighted by atomic mass is 9.77. The van der Waals surface area contributed by atoms with Gasteiger partial charge in [-0.05, 0) is 42.7 Å². The van der Waals surface area contributed by atoms with Gasteiger partial charge in [-0.1, -0.05) is 24.3 Å². The largest absolute Gasteiger partial charge is 0.296 e. The number of nitrogens with zero attached hydrogens (tertiary/aromatic N) is 2. The minimum absolute atomic E-state index is 0. The zero-order valence-corrected chi connectivity index (χ0v) is 14.7. The van der Waals surface area contributed by atoms with Crippen LogP contribution in [-0.4, -0.2) is 43.3 Å². The number of halogens is 1. The minimum atomic E-state index is -3.60. The highest BCUT2D eigenvalue weighted by molar-refractivity contribution is 7.86. The van der Waals surface area contributed by atoms with Crippen LogP contribution >= 0.6 is 12.4 Å². The molecule has 1 aromatic carbocycles. The first-order valence-corrected chi connectivity index (χ1v) is 9.66. The van der Waals surface area contributed by atoms with Crippen molar-refractivity contribution in [1.29, 1.82) is 0 Å². The number of benzene rings is 1. The fraction of sp³-hybridized carbons (Fsp3) is 0.625. The molecule has 2 fully saturated rings. The molecule has 0 saturated carbocycles. The molecule has 2 N–H and O–H groups in total. The van der Waals surface area contributed by atoms with E-state index in [9.17, 15) is 8.42 Å². The Kier molecular flexibility index (Phi) is 4.73. The summed E-state index contributed by atoms with van der Waals surface area (Å²) in [5.74, 6) is 0.425. The normalized spacial score (nSPS) is 31.4. The van der Waals surface area contributed by atoms with Crippen molar-refractivity contribution in [3.63, 3.8) is 0 Å². The second-order valence-corrected chi connectivity index (χ2v) is 8.32. The number of nitrogens with two attached hydrogens (primary N) is 1. The number of rotatable bonds is 1. The van der Waals surface area contributed by atoms with Crippen LogP contribution in [0, 0.1) is 5.92 Å². The molecule has 2 saturated heterocycles. The van der Waals surface area contributed by atoms with Crippen molar-refractivity contribution < 1.29 is 8.42 Å². The second-order valence-electron chi connectivity index (χ2n) is 6.82. The van der Waals surface area contributed by atoms with Crippen molar-refractivity contribution in [3.8, 4) is 0 Å². The van der Waals surface area contributed by atoms with Gasteiger partial charge in [-0.15, -0.1) is 12.4 Å². The average molecular weight is 358 g/mol. The van der Waals surface area contributed by atoms with E-state index in [1.807, 2.05) is 0 Å². The van der Waals surface area contributed by atoms with Gasteiger partial charge in [-0.2, -0.15) is 12.7 Å². The molecule has 0 unspecified atom stereocenters. The topological polar surface area (TPSA) is 66.6 Å². The Balaban J connectivity index is 0.00000156. The fourth-order valence-electron chi connectivity index (χ4n) is 4.67. The van der Waals surface area contributed by atoms with Crippen molar-refractivity contribution in [1.82, 2.24) is 9.21 Å². The van der Waals surface area contributed by atoms with Crippen LogP contribution in [0.4, 0.5) is 0 Å². The molecule has 0 radical (unpaired) electrons. The fourth-order valence-corrected chi connectivity index (χ4v) is 5.69. The van der Waals surface area contributed by atoms with Crippen LogP contribution in [0.25, 0.3) is 0 Å². The molecule has 0 amide bonds. The first kappa shape index (κ1) is 17.2. The molecule has 23 heavy (non-hydrogen) atoms. The molecule has 3 aliphatic rings. The van der Waals surface area contributed by atoms with Gasteiger partial charge in [0.2, 0.25) is 0 Å². The van der Waals surface area contributed by atoms with E-state index < -0.39 is 10.2 Å². The van der Waals surface area contributed by atoms with Crippen LogP contribution in [0.5, 0.6) is 0 Å². The molecule has 5 nitrogen and oxygen atoms in total. The van der Waals surface area contributed by atoms with E-state index in [2.05, 4.69) is 29.2 Å². The van der Waals surface area contributed by atoms with E-state index in [1.165, 1.54) is 11.1 Å². The molecular formula is C16H24ClN3O2S. The van der Waals surface area contributed by atoms with Gasteiger partial charge in [0.1, 0.15) is 0 Å². The lowest BCUT2D eigenvalue weighted by Crippen LogP contribution is -2.58. The van der Waals surface area contributed by atoms with Gasteiger partial charge in [0, 0.05) is 31.7 Å². The molecule has 3 heterocycles. The summed E-state index contributed by atoms with van der Waals surface area (Å²) in [6.45, 7) is 2.66. The highest BCUT2D eigenvalue weighted by Crippen LogP contribution is 2.43. The van der Waals surface area contributed by atoms with Crippen molar-refractivity contribution in [2.75, 3.05) is 19.6 Å². The molecule has 0 aliphatic carbocycles. The van der Waals surface area contributed by atoms with Crippen LogP contribution < -0.4 is 5.14 Å². The number of hydrogen-bond acceptors (Lipinski definition) is 3. The molecular weight excluding hydrogens is 334 g/mol. The Bertz CT molecular complexity index is 682. The third kappa shape index (κ3) is 3.03. The van der Waals surface area contributed by atoms with E-state index in [4.69, 9.17) is 5.14 Å². The van der Waals surface area contributed by atoms with Gasteiger partial charge in [0.15, 0.2) is 0 Å². The first-order valence-electron chi connectivity index (χ1n) is 8.15. The summed E-state index contributed by atoms with van der Waals surface area (Å²) in [7, 11) is -3.60. The summed E-state index contributed by atoms with van der Waals surface area (Å²) >= 11 is 0. The molecule has 3 aliphatic heterocycles. The second kappa shape index (κ2) is 6.33. The summed E-state index contributed by atoms with van der Waals surface area (Å²) in [5.41, 5.74) is 2.80. The molecule has 7 heteroatoms. The summed E-state index contributed by atoms with van der Waals surface area (Å²) in [5, 5.41) is 5.46. The molecule has 3 atom stereocenters. The highest BCUT2D eigenvalue weighted by atomic mass is 35.5. The summed E-state index contributed by atoms with van der Waals surface area (Å²) in [6.07, 6.45) is 4.01. The standard InChI is InChI=1S/C16H23N3O2S.ClH/c17-22(20,21)19-8-3-5-13-11-18-9-7-12-4-1-2-6-14(12)16(18)10-15(13)19;/h1-2,4,6,13,15-16H,3,5,7-11H2,(H2,17,20,21);1H/t13-,15+,16-;/m1./s1. The predicted molar refractivity (Wildman–Crippen MR) is 92.7 cm³/mol. The summed E-state index contributed by atoms with van der Waals surface area (Å²) in [4.78, 5) is 2.55. The SMILES string of the molecule is Cl.NS(=O)(=O)N1CCC[C@@H]2CN3CCc4ccccc4[C@H]3C[C@@H]21. The molecule has 1 aromatic rings. The maximum Gasteiger partial charge on any atom is 0.277 e. The lowest BCUT2D eigenvalue weighted by Gasteiger charge is -2.51. The minimum Gasteiger partial charge on any atom is -0.296 e. The molecule has 0 aromatic heterocycles. The first-order chi connectivity index (χ1) is 10.5. The van der Waals surface area contributed by atoms with Gasteiger partial charge in [-0.3, -0.25) is 4.90 Å². The van der Waals surface area contributed by atoms with Gasteiger partial charge < -0.3 is 0 Å². The maximum absolute atomic E-state index is 11.9. The third-order valence-corrected chi connectivity index (χ3v) is 6.76. The number of fused-ring (bicyclic) bond motifs is 4. The third-order valence-electron chi connectivity index (χ3n) is 5.65. The van der Waals surface area contributed by atoms with Gasteiger partial charge in [0.05, 0.1) is 0 Å². The van der Waals surface area contributed by atoms with Crippen molar-refractivity contribution in [2.24, 2.45) is 11.1 Å². The van der Waals surface area contributed by atoms with E-state index in [0.29, 0.717) is 18.5 Å². The van der Waals surface area contributed by atoms with Crippen LogP contribution in [-0.2, 0) is 16.6 Å². The smallest absolute Gasteiger partial charge is 0.277 e. The highest BCUT2D eigenvalue weighted by Gasteiger charge is 2.45. The Labute approximate surface area is 144 Å². The number of hydrogen-bond donors (Lipinski definition) is 1. The monoisotopic (exact) mass is 357 g/mol. The quantitative estimate of drug-likeness (QED) is 0.831. The maximum atomic E-state index is 11.9. The Morgan fingerprint density at radius 2 is 1.96 bits per heavy atom. The average Bonchev–Trinajstić information content (AvgIpc) is 2.51. The van der Waals surface area contributed by atoms with Crippen molar-refractivity contribution >= 4 is 22.6 Å². The van der Waals surface area contributed by atoms with E-state index in [-0.39, 0.29) is 18.4 Å². The van der Waals surface area contributed by atoms with Crippen molar-refractivity contribution in [2.45, 2.75) is 37.8 Å². The van der Waals surface area contributed by atoms with Gasteiger partial charge in [0.25, 0.3) is 10.2 Å². The van der Waals surface area contributed by atoms with E-state index in [0.717, 1.165) is 38.8 Å². The molecule has 0 spiro atoms. The van der Waals surface area contributed by atoms with Crippen LogP contribution in [0.1, 0.15) is 36.4 Å². The van der Waals surface area contributed by atoms with Gasteiger partial charge >= 0.3 is 0 Å². The molecule has 128 valence electrons. The summed E-state index contributed by atoms with van der Waals surface area (Å²) in [6, 6.07) is 9.00. The Hall–Kier alpha value is -0.660. The van der Waals surface area contributed by atoms with E-state index in [1.54, 1.807) is 4.31 Å². The number of piperidine rings is 2. The van der Waals surface area contributed by atoms with Gasteiger partial charge in [-0.25, -0.2) is 5.14 Å². The van der Waals surface area contributed by atoms with E-state index >= 15 is 0 Å². The zero-order chi connectivity index (χ0) is 15.3. The molecule has 4 rings (SSSR count). The Morgan fingerprint density at radius 3 is 2.74 bits per heavy atom. The zero-order valence-electron chi connectivity index (χ0n) is 13.1. The molecule has 0 bridgehead atoms. The summed E-state index contributed by atoms with van der Waals surface area (Å²) < 4.78 is 25.4. The van der Waals surface area contributed by atoms with Crippen LogP contribution in [0.3, 0.4) is 0 Å². The van der Waals surface area contributed by atoms with Crippen LogP contribution in [0.15, 0.2) is 24.3 Å². The lowest BCUT2D eigenvalue weighted by molar-refractivity contribution is 0.0220. The predicted octanol–water partition coefficient (Wildman–Crippen LogP) is 1.70. The van der Waals surface area contributed by atoms with Crippen molar-refractivity contribution in [3.05, 3.63) is 35.4 Å². The van der Waals surface area contributed by atoms with Crippen LogP contribution in [0.2, 0.25) is 0 Å². The Morgan fingerprint density at radius 1 is 1.17 bits per heavy atom.